The largest absolute Gasteiger partial charge is 0.481 e. The van der Waals surface area contributed by atoms with Crippen LogP contribution in [0.2, 0.25) is 0 Å². The van der Waals surface area contributed by atoms with Crippen molar-refractivity contribution in [1.29, 1.82) is 0 Å². The average molecular weight is 2080 g/mol. The van der Waals surface area contributed by atoms with E-state index in [-0.39, 0.29) is 46.3 Å². The molecule has 13 rings (SSSR count). The second kappa shape index (κ2) is 62.1. The first-order valence-corrected chi connectivity index (χ1v) is 65.2. The summed E-state index contributed by atoms with van der Waals surface area (Å²) in [6, 6.07) is 12.2. The zero-order valence-electron chi connectivity index (χ0n) is 65.3. The van der Waals surface area contributed by atoms with Crippen molar-refractivity contribution in [2.45, 2.75) is 196 Å². The topological polar surface area (TPSA) is 477 Å². The van der Waals surface area contributed by atoms with Gasteiger partial charge < -0.3 is 51.1 Å². The monoisotopic (exact) mass is 2070 g/mol. The van der Waals surface area contributed by atoms with E-state index in [2.05, 4.69) is 0 Å². The summed E-state index contributed by atoms with van der Waals surface area (Å²) in [5.41, 5.74) is 1.12. The third-order valence-corrected chi connectivity index (χ3v) is 49.4. The summed E-state index contributed by atoms with van der Waals surface area (Å²) in [4.78, 5) is 72.8. The Morgan fingerprint density at radius 1 is 0.517 bits per heavy atom. The zero-order chi connectivity index (χ0) is 87.9. The first-order valence-electron chi connectivity index (χ1n) is 37.0. The van der Waals surface area contributed by atoms with Crippen LogP contribution in [0.1, 0.15) is 128 Å². The Hall–Kier alpha value is 0.790. The number of carbonyl (C=O) groups excluding carboxylic acids is 1. The lowest BCUT2D eigenvalue weighted by molar-refractivity contribution is -0.145. The van der Waals surface area contributed by atoms with Gasteiger partial charge in [0.05, 0.1) is 67.2 Å². The van der Waals surface area contributed by atoms with Crippen molar-refractivity contribution < 1.29 is 127 Å². The molecule has 0 aromatic heterocycles. The molecule has 11 unspecified atom stereocenters. The third-order valence-electron chi connectivity index (χ3n) is 17.0. The van der Waals surface area contributed by atoms with E-state index in [4.69, 9.17) is 59.4 Å². The van der Waals surface area contributed by atoms with Gasteiger partial charge in [-0.2, -0.15) is 28.6 Å². The summed E-state index contributed by atoms with van der Waals surface area (Å²) in [5, 5.41) is 85.8. The van der Waals surface area contributed by atoms with Gasteiger partial charge in [0, 0.05) is 103 Å². The molecule has 0 saturated carbocycles. The number of ketones is 1. The number of aliphatic hydroxyl groups is 4. The molecule has 11 fully saturated rings. The van der Waals surface area contributed by atoms with Gasteiger partial charge in [0.25, 0.3) is 20.2 Å². The fraction of sp³-hybridized carbons (Fsp3) is 0.725. The van der Waals surface area contributed by atoms with Crippen LogP contribution in [0.4, 0.5) is 0 Å². The summed E-state index contributed by atoms with van der Waals surface area (Å²) < 4.78 is 105. The molecule has 678 valence electrons. The molecule has 0 bridgehead atoms. The maximum atomic E-state index is 12.6. The summed E-state index contributed by atoms with van der Waals surface area (Å²) in [6.07, 6.45) is 11.5. The summed E-state index contributed by atoms with van der Waals surface area (Å²) >= 11 is 1.70. The maximum absolute atomic E-state index is 12.6. The molecular weight excluding hydrogens is 1970 g/mol. The first-order chi connectivity index (χ1) is 55.8. The number of unbranched alkanes of at least 4 members (excludes halogenated alkanes) is 1. The Bertz CT molecular complexity index is 3610. The number of aliphatic carboxylic acids is 6. The molecule has 0 spiro atoms. The minimum atomic E-state index is -4.18. The van der Waals surface area contributed by atoms with Crippen molar-refractivity contribution in [3.8, 4) is 0 Å². The smallest absolute Gasteiger partial charge is 0.317 e. The van der Waals surface area contributed by atoms with Crippen molar-refractivity contribution in [3.05, 3.63) is 59.7 Å². The van der Waals surface area contributed by atoms with E-state index in [1.807, 2.05) is 57.0 Å². The van der Waals surface area contributed by atoms with Crippen LogP contribution in [-0.2, 0) is 91.7 Å². The molecule has 2 aromatic rings. The predicted octanol–water partition coefficient (Wildman–Crippen LogP) is 14.0. The van der Waals surface area contributed by atoms with Crippen LogP contribution in [-0.4, -0.2) is 288 Å². The highest BCUT2D eigenvalue weighted by Crippen LogP contribution is 2.46. The third kappa shape index (κ3) is 48.4. The molecular formula is C69H108O27S22. The summed E-state index contributed by atoms with van der Waals surface area (Å²) in [6.45, 7) is 7.33. The second-order valence-corrected chi connectivity index (χ2v) is 59.4. The van der Waals surface area contributed by atoms with E-state index < -0.39 is 136 Å². The van der Waals surface area contributed by atoms with Crippen LogP contribution in [0.15, 0.2) is 58.3 Å². The van der Waals surface area contributed by atoms with E-state index in [1.165, 1.54) is 80.0 Å². The van der Waals surface area contributed by atoms with Crippen molar-refractivity contribution in [3.63, 3.8) is 0 Å². The maximum Gasteiger partial charge on any atom is 0.317 e. The summed E-state index contributed by atoms with van der Waals surface area (Å²) in [7, 11) is 12.0. The number of aliphatic hydroxyl groups excluding tert-OH is 4. The van der Waals surface area contributed by atoms with Gasteiger partial charge in [0.2, 0.25) is 8.87 Å². The van der Waals surface area contributed by atoms with Gasteiger partial charge in [0.15, 0.2) is 0 Å². The minimum Gasteiger partial charge on any atom is -0.481 e. The first kappa shape index (κ1) is 113. The van der Waals surface area contributed by atoms with Gasteiger partial charge >= 0.3 is 35.8 Å². The van der Waals surface area contributed by atoms with Crippen molar-refractivity contribution in [2.75, 3.05) is 105 Å². The number of benzene rings is 2. The molecule has 0 aliphatic carbocycles. The van der Waals surface area contributed by atoms with E-state index in [0.717, 1.165) is 171 Å². The number of hydrogen-bond acceptors (Lipinski definition) is 38. The quantitative estimate of drug-likeness (QED) is 0.0355. The highest BCUT2D eigenvalue weighted by Gasteiger charge is 2.41. The van der Waals surface area contributed by atoms with Crippen LogP contribution in [0, 0.1) is 24.7 Å². The van der Waals surface area contributed by atoms with E-state index in [9.17, 15) is 67.2 Å². The molecule has 49 heteroatoms. The van der Waals surface area contributed by atoms with Gasteiger partial charge in [0.1, 0.15) is 39.0 Å². The molecule has 2 aromatic carbocycles. The molecule has 11 aliphatic rings. The average Bonchev–Trinajstić information content (AvgIpc) is 1.16. The number of hydrogen-bond donors (Lipinski definition) is 10. The zero-order valence-corrected chi connectivity index (χ0v) is 83.3. The minimum absolute atomic E-state index is 0.0196. The van der Waals surface area contributed by atoms with Crippen LogP contribution in [0.5, 0.6) is 0 Å². The van der Waals surface area contributed by atoms with Crippen LogP contribution in [0.25, 0.3) is 0 Å². The molecule has 11 heterocycles. The van der Waals surface area contributed by atoms with E-state index in [0.29, 0.717) is 41.8 Å². The molecule has 11 aliphatic heterocycles. The fourth-order valence-corrected chi connectivity index (χ4v) is 40.6. The Morgan fingerprint density at radius 2 is 1.01 bits per heavy atom. The number of rotatable bonds is 19. The highest BCUT2D eigenvalue weighted by atomic mass is 33.1. The van der Waals surface area contributed by atoms with Gasteiger partial charge in [-0.3, -0.25) is 46.1 Å². The Balaban J connectivity index is 0.000000350. The Kier molecular flexibility index (Phi) is 59.5. The normalized spacial score (nSPS) is 26.5. The predicted molar refractivity (Wildman–Crippen MR) is 508 cm³/mol. The van der Waals surface area contributed by atoms with Gasteiger partial charge in [-0.15, -0.1) is 0 Å². The van der Waals surface area contributed by atoms with Crippen LogP contribution < -0.4 is 0 Å². The van der Waals surface area contributed by atoms with Crippen LogP contribution in [0.3, 0.4) is 0 Å². The molecule has 118 heavy (non-hydrogen) atoms. The molecule has 11 atom stereocenters. The fourth-order valence-electron chi connectivity index (χ4n) is 9.49. The molecule has 0 radical (unpaired) electrons. The lowest BCUT2D eigenvalue weighted by Crippen LogP contribution is -2.43. The molecule has 27 nitrogen and oxygen atoms in total. The molecule has 10 N–H and O–H groups in total. The number of thioether (sulfide) groups is 1. The number of Topliss-reactive ketones (excluding diaryl/α,β-unsaturated/α-hetero) is 1. The standard InChI is InChI=1S/C18H20O7S4.C8H14O2S2.C6H8O4S2.C5H6O4S2.C5H8O2S2.C5H10O2S2.C5H10O2S.C5H8OS2.C5H10OS.C4H8O2S2.C3H6S2/c1-13-3-7-15(8-4-13)28(20,21)24-17-11-26-27(19)12-18(17)25-29(22,23)16-9-5-14(2)6-10-16;9-8(10)4-2-1-3-7-5-6-11-12-7;7-5(8)3-1-2-4(6(9)10)12-11-3;6-4(7)2-1-3(5(8)9)11-10-2;1-5(4(6)7)2-8-9-3-5;6-1-5(2-7)3-8-9-4-5;6-4-1-2-8-3-5(4)7;1-4(6)5-2-3-7-8-5;6-7-4-2-1-3-5-7;5-8(6)4-2-1-3-7-8;1-2-4-5-3-1/h3-10,17-18H,11-12H2,1-2H3;7H,1-6H2,(H,9,10);3-4H,1-2H2,(H,7,8)(H,9,10);2-3H,1H2,(H,6,7)(H,8,9);2-3H2,1H3,(H,6,7);6-7H,1-4H2;4-7H,1-3H2;5H,2-3H2,1H3;1-5H2;1-4H2;1-3H2. The SMILES string of the molecule is C1CSSC1.CC(=O)C1CCSS1.CC1(C(=O)O)CSSC1.Cc1ccc(S(=O)(=O)OC2CSS(=O)CC2OS(=O)(=O)c2ccc(C)cc2)cc1.O=C(O)C1CC(C(=O)O)SS1.O=C(O)C1CCC(C(=O)O)SS1.O=C(O)CCCCC1CCSS1.O=S1(=O)CCCCS1.O=S1CCCCC1.OC1CCSCC1O.OCC1(CO)CSSC1. The molecule has 0 amide bonds. The molecule has 11 saturated heterocycles. The van der Waals surface area contributed by atoms with Gasteiger partial charge in [-0.25, -0.2) is 12.6 Å². The lowest BCUT2D eigenvalue weighted by atomic mass is 9.96. The van der Waals surface area contributed by atoms with Gasteiger partial charge in [-0.1, -0.05) is 210 Å². The number of carboxylic acid groups (broad SMARTS) is 6. The summed E-state index contributed by atoms with van der Waals surface area (Å²) in [5.74, 6) is 8.51. The van der Waals surface area contributed by atoms with Crippen molar-refractivity contribution >= 4 is 276 Å². The lowest BCUT2D eigenvalue weighted by Gasteiger charge is -2.29. The second-order valence-electron chi connectivity index (χ2n) is 27.3. The number of carboxylic acids is 6. The Labute approximate surface area is 765 Å². The van der Waals surface area contributed by atoms with E-state index >= 15 is 0 Å². The highest BCUT2D eigenvalue weighted by molar-refractivity contribution is 8.79. The van der Waals surface area contributed by atoms with Crippen molar-refractivity contribution in [2.24, 2.45) is 10.8 Å². The number of aryl methyl sites for hydroxylation is 2. The van der Waals surface area contributed by atoms with Crippen LogP contribution >= 0.6 is 184 Å². The Morgan fingerprint density at radius 3 is 1.33 bits per heavy atom. The van der Waals surface area contributed by atoms with Crippen molar-refractivity contribution in [1.82, 2.24) is 0 Å². The van der Waals surface area contributed by atoms with Gasteiger partial charge in [-0.05, 0) is 152 Å². The number of carbonyl (C=O) groups is 7. The van der Waals surface area contributed by atoms with E-state index in [1.54, 1.807) is 115 Å².